The fourth-order valence-corrected chi connectivity index (χ4v) is 5.79. The molecule has 5 rings (SSSR count). The van der Waals surface area contributed by atoms with Crippen LogP contribution in [0.1, 0.15) is 23.6 Å². The van der Waals surface area contributed by atoms with Crippen LogP contribution >= 0.6 is 0 Å². The van der Waals surface area contributed by atoms with Gasteiger partial charge in [-0.25, -0.2) is 0 Å². The van der Waals surface area contributed by atoms with E-state index in [0.29, 0.717) is 13.1 Å². The highest BCUT2D eigenvalue weighted by Crippen LogP contribution is 2.49. The van der Waals surface area contributed by atoms with Crippen molar-refractivity contribution in [3.63, 3.8) is 0 Å². The summed E-state index contributed by atoms with van der Waals surface area (Å²) in [6, 6.07) is 21.1. The molecule has 1 amide bonds. The second-order valence-corrected chi connectivity index (χ2v) is 8.92. The number of benzene rings is 2. The molecule has 2 aromatic carbocycles. The summed E-state index contributed by atoms with van der Waals surface area (Å²) in [5.41, 5.74) is 2.50. The Kier molecular flexibility index (Phi) is 5.36. The van der Waals surface area contributed by atoms with Crippen molar-refractivity contribution in [2.45, 2.75) is 12.5 Å². The zero-order valence-corrected chi connectivity index (χ0v) is 17.5. The molecule has 1 heterocycles. The van der Waals surface area contributed by atoms with Gasteiger partial charge < -0.3 is 10.0 Å². The molecule has 0 aromatic heterocycles. The van der Waals surface area contributed by atoms with E-state index in [0.717, 1.165) is 19.5 Å². The smallest absolute Gasteiger partial charge is 0.307 e. The topological polar surface area (TPSA) is 60.9 Å². The van der Waals surface area contributed by atoms with Gasteiger partial charge in [-0.05, 0) is 29.4 Å². The SMILES string of the molecule is O=C(O)[C@@H]1[C@@H](C(=O)N2CCN(C(c3ccccc3)c3ccccc3)CC2)[C@H]2C=C[C@@H]1C2. The van der Waals surface area contributed by atoms with Crippen molar-refractivity contribution in [3.8, 4) is 0 Å². The van der Waals surface area contributed by atoms with E-state index in [9.17, 15) is 14.7 Å². The first-order chi connectivity index (χ1) is 15.1. The summed E-state index contributed by atoms with van der Waals surface area (Å²) in [4.78, 5) is 29.5. The first kappa shape index (κ1) is 20.0. The highest BCUT2D eigenvalue weighted by Gasteiger charge is 2.52. The van der Waals surface area contributed by atoms with Gasteiger partial charge >= 0.3 is 5.97 Å². The Balaban J connectivity index is 1.32. The maximum atomic E-state index is 13.3. The lowest BCUT2D eigenvalue weighted by Gasteiger charge is -2.41. The predicted molar refractivity (Wildman–Crippen MR) is 118 cm³/mol. The van der Waals surface area contributed by atoms with Crippen LogP contribution in [0, 0.1) is 23.7 Å². The van der Waals surface area contributed by atoms with Crippen LogP contribution in [-0.4, -0.2) is 53.0 Å². The number of carbonyl (C=O) groups excluding carboxylic acids is 1. The van der Waals surface area contributed by atoms with Gasteiger partial charge in [0.15, 0.2) is 0 Å². The summed E-state index contributed by atoms with van der Waals surface area (Å²) in [6.45, 7) is 2.82. The van der Waals surface area contributed by atoms with E-state index in [1.54, 1.807) is 0 Å². The summed E-state index contributed by atoms with van der Waals surface area (Å²) in [6.07, 6.45) is 4.86. The monoisotopic (exact) mass is 416 g/mol. The number of carbonyl (C=O) groups is 2. The quantitative estimate of drug-likeness (QED) is 0.759. The van der Waals surface area contributed by atoms with Gasteiger partial charge in [0, 0.05) is 26.2 Å². The summed E-state index contributed by atoms with van der Waals surface area (Å²) < 4.78 is 0. The number of nitrogens with zero attached hydrogens (tertiary/aromatic N) is 2. The number of hydrogen-bond donors (Lipinski definition) is 1. The molecule has 1 saturated carbocycles. The van der Waals surface area contributed by atoms with Crippen molar-refractivity contribution in [1.29, 1.82) is 0 Å². The van der Waals surface area contributed by atoms with E-state index in [1.165, 1.54) is 11.1 Å². The molecule has 0 unspecified atom stereocenters. The summed E-state index contributed by atoms with van der Waals surface area (Å²) >= 11 is 0. The lowest BCUT2D eigenvalue weighted by Crippen LogP contribution is -2.53. The predicted octanol–water partition coefficient (Wildman–Crippen LogP) is 3.44. The number of carboxylic acids is 1. The Labute approximate surface area is 183 Å². The van der Waals surface area contributed by atoms with Gasteiger partial charge in [-0.2, -0.15) is 0 Å². The van der Waals surface area contributed by atoms with Crippen molar-refractivity contribution < 1.29 is 14.7 Å². The van der Waals surface area contributed by atoms with Crippen LogP contribution in [0.5, 0.6) is 0 Å². The lowest BCUT2D eigenvalue weighted by atomic mass is 9.82. The number of aliphatic carboxylic acids is 1. The molecule has 1 aliphatic heterocycles. The number of fused-ring (bicyclic) bond motifs is 2. The number of hydrogen-bond acceptors (Lipinski definition) is 3. The normalized spacial score (nSPS) is 27.7. The van der Waals surface area contributed by atoms with Crippen LogP contribution in [0.2, 0.25) is 0 Å². The third-order valence-corrected chi connectivity index (χ3v) is 7.25. The first-order valence-electron chi connectivity index (χ1n) is 11.2. The molecule has 5 heteroatoms. The number of piperazine rings is 1. The van der Waals surface area contributed by atoms with Crippen LogP contribution in [0.4, 0.5) is 0 Å². The number of rotatable bonds is 5. The third-order valence-electron chi connectivity index (χ3n) is 7.25. The van der Waals surface area contributed by atoms with E-state index in [1.807, 2.05) is 23.1 Å². The third kappa shape index (κ3) is 3.68. The summed E-state index contributed by atoms with van der Waals surface area (Å²) in [5, 5.41) is 9.71. The molecule has 2 fully saturated rings. The number of amides is 1. The number of allylic oxidation sites excluding steroid dienone is 2. The van der Waals surface area contributed by atoms with Crippen LogP contribution in [0.3, 0.4) is 0 Å². The maximum absolute atomic E-state index is 13.3. The summed E-state index contributed by atoms with van der Waals surface area (Å²) in [7, 11) is 0. The summed E-state index contributed by atoms with van der Waals surface area (Å²) in [5.74, 6) is -1.68. The molecular weight excluding hydrogens is 388 g/mol. The minimum atomic E-state index is -0.831. The lowest BCUT2D eigenvalue weighted by molar-refractivity contribution is -0.151. The maximum Gasteiger partial charge on any atom is 0.307 e. The molecule has 0 spiro atoms. The van der Waals surface area contributed by atoms with Gasteiger partial charge in [-0.15, -0.1) is 0 Å². The fourth-order valence-electron chi connectivity index (χ4n) is 5.79. The molecule has 5 nitrogen and oxygen atoms in total. The van der Waals surface area contributed by atoms with Gasteiger partial charge in [0.1, 0.15) is 0 Å². The Morgan fingerprint density at radius 3 is 1.81 bits per heavy atom. The van der Waals surface area contributed by atoms with Gasteiger partial charge in [0.2, 0.25) is 5.91 Å². The van der Waals surface area contributed by atoms with Crippen LogP contribution in [0.15, 0.2) is 72.8 Å². The molecule has 1 saturated heterocycles. The van der Waals surface area contributed by atoms with Gasteiger partial charge in [0.05, 0.1) is 17.9 Å². The average Bonchev–Trinajstić information content (AvgIpc) is 3.43. The molecular formula is C26H28N2O3. The fraction of sp³-hybridized carbons (Fsp3) is 0.385. The van der Waals surface area contributed by atoms with Gasteiger partial charge in [0.25, 0.3) is 0 Å². The molecule has 1 N–H and O–H groups in total. The van der Waals surface area contributed by atoms with Crippen LogP contribution in [0.25, 0.3) is 0 Å². The van der Waals surface area contributed by atoms with Crippen LogP contribution < -0.4 is 0 Å². The van der Waals surface area contributed by atoms with E-state index in [-0.39, 0.29) is 23.8 Å². The van der Waals surface area contributed by atoms with Crippen molar-refractivity contribution in [2.24, 2.45) is 23.7 Å². The van der Waals surface area contributed by atoms with Gasteiger partial charge in [-0.3, -0.25) is 14.5 Å². The average molecular weight is 417 g/mol. The van der Waals surface area contributed by atoms with Crippen molar-refractivity contribution in [1.82, 2.24) is 9.80 Å². The highest BCUT2D eigenvalue weighted by molar-refractivity contribution is 5.87. The zero-order chi connectivity index (χ0) is 21.4. The minimum Gasteiger partial charge on any atom is -0.481 e. The molecule has 4 atom stereocenters. The van der Waals surface area contributed by atoms with Crippen molar-refractivity contribution in [3.05, 3.63) is 83.9 Å². The molecule has 2 aliphatic carbocycles. The van der Waals surface area contributed by atoms with Crippen LogP contribution in [-0.2, 0) is 9.59 Å². The van der Waals surface area contributed by atoms with E-state index >= 15 is 0 Å². The molecule has 0 radical (unpaired) electrons. The standard InChI is InChI=1S/C26H28N2O3/c29-25(22-20-11-12-21(17-20)23(22)26(30)31)28-15-13-27(14-16-28)24(18-7-3-1-4-8-18)19-9-5-2-6-10-19/h1-12,20-24H,13-17H2,(H,30,31)/t20-,21+,22-,23-/m0/s1. The molecule has 3 aliphatic rings. The van der Waals surface area contributed by atoms with E-state index in [2.05, 4.69) is 59.5 Å². The second kappa shape index (κ2) is 8.31. The van der Waals surface area contributed by atoms with E-state index < -0.39 is 17.8 Å². The zero-order valence-electron chi connectivity index (χ0n) is 17.5. The molecule has 31 heavy (non-hydrogen) atoms. The molecule has 160 valence electrons. The highest BCUT2D eigenvalue weighted by atomic mass is 16.4. The molecule has 2 aromatic rings. The Bertz CT molecular complexity index is 927. The Hall–Kier alpha value is -2.92. The Morgan fingerprint density at radius 1 is 0.774 bits per heavy atom. The van der Waals surface area contributed by atoms with Crippen molar-refractivity contribution in [2.75, 3.05) is 26.2 Å². The first-order valence-corrected chi connectivity index (χ1v) is 11.2. The molecule has 2 bridgehead atoms. The van der Waals surface area contributed by atoms with Crippen molar-refractivity contribution >= 4 is 11.9 Å². The second-order valence-electron chi connectivity index (χ2n) is 8.92. The Morgan fingerprint density at radius 2 is 1.29 bits per heavy atom. The van der Waals surface area contributed by atoms with Gasteiger partial charge in [-0.1, -0.05) is 72.8 Å². The minimum absolute atomic E-state index is 0.0123. The number of carboxylic acid groups (broad SMARTS) is 1. The largest absolute Gasteiger partial charge is 0.481 e. The van der Waals surface area contributed by atoms with E-state index in [4.69, 9.17) is 0 Å².